The number of hydrogen-bond donors (Lipinski definition) is 2. The van der Waals surface area contributed by atoms with Crippen molar-refractivity contribution < 1.29 is 9.90 Å². The van der Waals surface area contributed by atoms with E-state index in [2.05, 4.69) is 15.3 Å². The van der Waals surface area contributed by atoms with Gasteiger partial charge in [0.1, 0.15) is 17.7 Å². The van der Waals surface area contributed by atoms with Crippen LogP contribution in [0.5, 0.6) is 0 Å². The minimum absolute atomic E-state index is 0.227. The number of carboxylic acids is 1. The van der Waals surface area contributed by atoms with E-state index in [1.807, 2.05) is 31.7 Å². The second-order valence-corrected chi connectivity index (χ2v) is 5.13. The molecular weight excluding hydrogens is 244 g/mol. The van der Waals surface area contributed by atoms with Crippen LogP contribution in [0.2, 0.25) is 0 Å². The lowest BCUT2D eigenvalue weighted by atomic mass is 10.1. The topological polar surface area (TPSA) is 78.4 Å². The van der Waals surface area contributed by atoms with E-state index in [1.165, 1.54) is 0 Å². The Balaban J connectivity index is 2.35. The van der Waals surface area contributed by atoms with Crippen LogP contribution in [0.15, 0.2) is 6.07 Å². The Morgan fingerprint density at radius 3 is 2.89 bits per heavy atom. The molecule has 1 aliphatic heterocycles. The first-order chi connectivity index (χ1) is 8.99. The monoisotopic (exact) mass is 264 g/mol. The van der Waals surface area contributed by atoms with Crippen LogP contribution in [0.3, 0.4) is 0 Å². The van der Waals surface area contributed by atoms with Crippen LogP contribution in [0.1, 0.15) is 31.3 Å². The minimum atomic E-state index is -0.824. The van der Waals surface area contributed by atoms with Gasteiger partial charge in [0, 0.05) is 37.3 Å². The fourth-order valence-corrected chi connectivity index (χ4v) is 2.18. The van der Waals surface area contributed by atoms with Crippen LogP contribution in [-0.4, -0.2) is 46.7 Å². The number of rotatable bonds is 3. The number of nitrogens with one attached hydrogen (secondary N) is 1. The summed E-state index contributed by atoms with van der Waals surface area (Å²) in [6.07, 6.45) is 0. The quantitative estimate of drug-likeness (QED) is 0.839. The Kier molecular flexibility index (Phi) is 3.99. The largest absolute Gasteiger partial charge is 0.480 e. The molecular formula is C13H20N4O2. The summed E-state index contributed by atoms with van der Waals surface area (Å²) in [6.45, 7) is 7.83. The molecule has 0 spiro atoms. The van der Waals surface area contributed by atoms with Gasteiger partial charge >= 0.3 is 5.97 Å². The standard InChI is InChI=1S/C13H20N4O2/c1-8(2)12-15-9(3)6-11(16-12)17-5-4-14-7-10(17)13(18)19/h6,8,10,14H,4-5,7H2,1-3H3,(H,18,19). The van der Waals surface area contributed by atoms with E-state index in [0.29, 0.717) is 18.9 Å². The average Bonchev–Trinajstić information content (AvgIpc) is 2.37. The van der Waals surface area contributed by atoms with E-state index in [1.54, 1.807) is 0 Å². The molecule has 1 unspecified atom stereocenters. The van der Waals surface area contributed by atoms with Gasteiger partial charge in [-0.05, 0) is 6.92 Å². The lowest BCUT2D eigenvalue weighted by molar-refractivity contribution is -0.138. The molecule has 6 nitrogen and oxygen atoms in total. The van der Waals surface area contributed by atoms with Crippen LogP contribution in [-0.2, 0) is 4.79 Å². The van der Waals surface area contributed by atoms with Crippen LogP contribution in [0, 0.1) is 6.92 Å². The van der Waals surface area contributed by atoms with Gasteiger partial charge in [0.25, 0.3) is 0 Å². The Hall–Kier alpha value is -1.69. The van der Waals surface area contributed by atoms with Gasteiger partial charge < -0.3 is 15.3 Å². The molecule has 2 rings (SSSR count). The maximum absolute atomic E-state index is 11.3. The van der Waals surface area contributed by atoms with Crippen molar-refractivity contribution in [1.29, 1.82) is 0 Å². The Labute approximate surface area is 112 Å². The zero-order valence-corrected chi connectivity index (χ0v) is 11.6. The molecule has 6 heteroatoms. The van der Waals surface area contributed by atoms with Gasteiger partial charge in [-0.25, -0.2) is 14.8 Å². The molecule has 0 aromatic carbocycles. The summed E-state index contributed by atoms with van der Waals surface area (Å²) < 4.78 is 0. The third kappa shape index (κ3) is 3.01. The fraction of sp³-hybridized carbons (Fsp3) is 0.615. The second kappa shape index (κ2) is 5.52. The summed E-state index contributed by atoms with van der Waals surface area (Å²) in [6, 6.07) is 1.29. The summed E-state index contributed by atoms with van der Waals surface area (Å²) >= 11 is 0. The zero-order chi connectivity index (χ0) is 14.0. The summed E-state index contributed by atoms with van der Waals surface area (Å²) in [5.74, 6) is 0.877. The molecule has 1 aliphatic rings. The molecule has 0 bridgehead atoms. The van der Waals surface area contributed by atoms with Crippen LogP contribution >= 0.6 is 0 Å². The van der Waals surface area contributed by atoms with Crippen molar-refractivity contribution in [3.05, 3.63) is 17.6 Å². The number of aryl methyl sites for hydroxylation is 1. The molecule has 1 aromatic heterocycles. The number of aliphatic carboxylic acids is 1. The molecule has 0 saturated carbocycles. The number of hydrogen-bond acceptors (Lipinski definition) is 5. The van der Waals surface area contributed by atoms with Gasteiger partial charge in [-0.3, -0.25) is 0 Å². The lowest BCUT2D eigenvalue weighted by Gasteiger charge is -2.34. The number of aromatic nitrogens is 2. The van der Waals surface area contributed by atoms with Crippen molar-refractivity contribution in [3.8, 4) is 0 Å². The fourth-order valence-electron chi connectivity index (χ4n) is 2.18. The molecule has 1 fully saturated rings. The smallest absolute Gasteiger partial charge is 0.327 e. The molecule has 0 radical (unpaired) electrons. The molecule has 104 valence electrons. The number of anilines is 1. The number of piperazine rings is 1. The minimum Gasteiger partial charge on any atom is -0.480 e. The van der Waals surface area contributed by atoms with E-state index in [-0.39, 0.29) is 5.92 Å². The van der Waals surface area contributed by atoms with E-state index < -0.39 is 12.0 Å². The number of carboxylic acid groups (broad SMARTS) is 1. The van der Waals surface area contributed by atoms with Gasteiger partial charge in [0.05, 0.1) is 0 Å². The average molecular weight is 264 g/mol. The van der Waals surface area contributed by atoms with E-state index in [9.17, 15) is 9.90 Å². The van der Waals surface area contributed by atoms with Crippen molar-refractivity contribution in [3.63, 3.8) is 0 Å². The predicted molar refractivity (Wildman–Crippen MR) is 72.5 cm³/mol. The van der Waals surface area contributed by atoms with Crippen molar-refractivity contribution in [2.75, 3.05) is 24.5 Å². The highest BCUT2D eigenvalue weighted by Gasteiger charge is 2.29. The first kappa shape index (κ1) is 13.7. The normalized spacial score (nSPS) is 19.8. The summed E-state index contributed by atoms with van der Waals surface area (Å²) in [7, 11) is 0. The van der Waals surface area contributed by atoms with Crippen LogP contribution in [0.25, 0.3) is 0 Å². The third-order valence-electron chi connectivity index (χ3n) is 3.20. The molecule has 0 amide bonds. The lowest BCUT2D eigenvalue weighted by Crippen LogP contribution is -2.55. The molecule has 1 atom stereocenters. The van der Waals surface area contributed by atoms with Crippen LogP contribution in [0.4, 0.5) is 5.82 Å². The molecule has 19 heavy (non-hydrogen) atoms. The molecule has 2 heterocycles. The highest BCUT2D eigenvalue weighted by Crippen LogP contribution is 2.20. The molecule has 1 saturated heterocycles. The van der Waals surface area contributed by atoms with Gasteiger partial charge in [-0.2, -0.15) is 0 Å². The summed E-state index contributed by atoms with van der Waals surface area (Å²) in [5.41, 5.74) is 0.872. The first-order valence-corrected chi connectivity index (χ1v) is 6.54. The van der Waals surface area contributed by atoms with Gasteiger partial charge in [0.15, 0.2) is 0 Å². The number of nitrogens with zero attached hydrogens (tertiary/aromatic N) is 3. The molecule has 1 aromatic rings. The van der Waals surface area contributed by atoms with Crippen molar-refractivity contribution in [2.45, 2.75) is 32.7 Å². The maximum Gasteiger partial charge on any atom is 0.327 e. The van der Waals surface area contributed by atoms with E-state index >= 15 is 0 Å². The third-order valence-corrected chi connectivity index (χ3v) is 3.20. The van der Waals surface area contributed by atoms with Gasteiger partial charge in [-0.1, -0.05) is 13.8 Å². The highest BCUT2D eigenvalue weighted by atomic mass is 16.4. The zero-order valence-electron chi connectivity index (χ0n) is 11.6. The van der Waals surface area contributed by atoms with E-state index in [4.69, 9.17) is 0 Å². The van der Waals surface area contributed by atoms with Gasteiger partial charge in [0.2, 0.25) is 0 Å². The Bertz CT molecular complexity index is 476. The Morgan fingerprint density at radius 1 is 1.53 bits per heavy atom. The second-order valence-electron chi connectivity index (χ2n) is 5.13. The SMILES string of the molecule is Cc1cc(N2CCNCC2C(=O)O)nc(C(C)C)n1. The first-order valence-electron chi connectivity index (χ1n) is 6.54. The molecule has 0 aliphatic carbocycles. The summed E-state index contributed by atoms with van der Waals surface area (Å²) in [5, 5.41) is 12.4. The maximum atomic E-state index is 11.3. The molecule has 2 N–H and O–H groups in total. The van der Waals surface area contributed by atoms with Crippen LogP contribution < -0.4 is 10.2 Å². The van der Waals surface area contributed by atoms with Crippen molar-refractivity contribution in [1.82, 2.24) is 15.3 Å². The predicted octanol–water partition coefficient (Wildman–Crippen LogP) is 0.771. The highest BCUT2D eigenvalue weighted by molar-refractivity contribution is 5.78. The van der Waals surface area contributed by atoms with E-state index in [0.717, 1.165) is 18.1 Å². The van der Waals surface area contributed by atoms with Gasteiger partial charge in [-0.15, -0.1) is 0 Å². The van der Waals surface area contributed by atoms with Crippen molar-refractivity contribution >= 4 is 11.8 Å². The summed E-state index contributed by atoms with van der Waals surface area (Å²) in [4.78, 5) is 22.1. The Morgan fingerprint density at radius 2 is 2.26 bits per heavy atom. The van der Waals surface area contributed by atoms with Crippen molar-refractivity contribution in [2.24, 2.45) is 0 Å². The number of carbonyl (C=O) groups is 1.